The smallest absolute Gasteiger partial charge is 0.335 e. The largest absolute Gasteiger partial charge is 0.478 e. The molecule has 1 rings (SSSR count). The van der Waals surface area contributed by atoms with Crippen molar-refractivity contribution >= 4 is 5.97 Å². The highest BCUT2D eigenvalue weighted by molar-refractivity contribution is 5.89. The lowest BCUT2D eigenvalue weighted by atomic mass is 10.0. The summed E-state index contributed by atoms with van der Waals surface area (Å²) < 4.78 is 0. The maximum absolute atomic E-state index is 10.9. The number of hydrogen-bond donors (Lipinski definition) is 1. The molecule has 0 bridgehead atoms. The third-order valence-electron chi connectivity index (χ3n) is 2.35. The van der Waals surface area contributed by atoms with Gasteiger partial charge in [-0.25, -0.2) is 4.79 Å². The first-order chi connectivity index (χ1) is 7.65. The van der Waals surface area contributed by atoms with Crippen LogP contribution in [0.1, 0.15) is 15.9 Å². The summed E-state index contributed by atoms with van der Waals surface area (Å²) in [6.07, 6.45) is 0.640. The van der Waals surface area contributed by atoms with E-state index in [-0.39, 0.29) is 0 Å². The van der Waals surface area contributed by atoms with Crippen LogP contribution in [0.4, 0.5) is 0 Å². The number of nitrogens with zero attached hydrogens (tertiary/aromatic N) is 2. The number of carboxylic acid groups (broad SMARTS) is 1. The van der Waals surface area contributed by atoms with Crippen molar-refractivity contribution in [2.75, 3.05) is 20.1 Å². The summed E-state index contributed by atoms with van der Waals surface area (Å²) in [6, 6.07) is 9.00. The first kappa shape index (κ1) is 12.2. The zero-order valence-electron chi connectivity index (χ0n) is 9.18. The number of benzene rings is 1. The summed E-state index contributed by atoms with van der Waals surface area (Å²) in [4.78, 5) is 12.8. The van der Waals surface area contributed by atoms with Crippen LogP contribution in [0.2, 0.25) is 0 Å². The van der Waals surface area contributed by atoms with Crippen molar-refractivity contribution in [1.29, 1.82) is 5.26 Å². The third-order valence-corrected chi connectivity index (χ3v) is 2.35. The van der Waals surface area contributed by atoms with Crippen LogP contribution in [-0.2, 0) is 6.42 Å². The molecule has 0 amide bonds. The Bertz CT molecular complexity index is 410. The molecule has 1 aromatic carbocycles. The van der Waals surface area contributed by atoms with Crippen LogP contribution < -0.4 is 0 Å². The molecular formula is C12H14N2O2. The zero-order chi connectivity index (χ0) is 12.0. The van der Waals surface area contributed by atoms with E-state index < -0.39 is 5.97 Å². The average molecular weight is 218 g/mol. The monoisotopic (exact) mass is 218 g/mol. The highest BCUT2D eigenvalue weighted by Crippen LogP contribution is 2.09. The van der Waals surface area contributed by atoms with E-state index in [4.69, 9.17) is 10.4 Å². The molecular weight excluding hydrogens is 204 g/mol. The van der Waals surface area contributed by atoms with Gasteiger partial charge in [-0.05, 0) is 25.1 Å². The Hall–Kier alpha value is -1.86. The van der Waals surface area contributed by atoms with Crippen LogP contribution in [0, 0.1) is 11.3 Å². The van der Waals surface area contributed by atoms with Gasteiger partial charge in [0.25, 0.3) is 0 Å². The van der Waals surface area contributed by atoms with Gasteiger partial charge in [0, 0.05) is 6.54 Å². The lowest BCUT2D eigenvalue weighted by Gasteiger charge is -2.13. The Balaban J connectivity index is 2.67. The number of hydrogen-bond acceptors (Lipinski definition) is 3. The van der Waals surface area contributed by atoms with Crippen molar-refractivity contribution in [3.63, 3.8) is 0 Å². The predicted molar refractivity (Wildman–Crippen MR) is 60.2 cm³/mol. The van der Waals surface area contributed by atoms with Gasteiger partial charge in [0.2, 0.25) is 0 Å². The van der Waals surface area contributed by atoms with Crippen LogP contribution in [-0.4, -0.2) is 36.1 Å². The normalized spacial score (nSPS) is 10.1. The van der Waals surface area contributed by atoms with E-state index >= 15 is 0 Å². The number of likely N-dealkylation sites (N-methyl/N-ethyl adjacent to an activating group) is 1. The van der Waals surface area contributed by atoms with Gasteiger partial charge >= 0.3 is 5.97 Å². The van der Waals surface area contributed by atoms with E-state index in [1.54, 1.807) is 12.1 Å². The van der Waals surface area contributed by atoms with E-state index in [1.807, 2.05) is 24.1 Å². The van der Waals surface area contributed by atoms with Gasteiger partial charge < -0.3 is 5.11 Å². The molecule has 0 atom stereocenters. The molecule has 0 aromatic heterocycles. The van der Waals surface area contributed by atoms with E-state index in [1.165, 1.54) is 0 Å². The minimum atomic E-state index is -0.904. The second-order valence-corrected chi connectivity index (χ2v) is 3.61. The average Bonchev–Trinajstić information content (AvgIpc) is 2.27. The lowest BCUT2D eigenvalue weighted by molar-refractivity contribution is 0.0695. The number of carboxylic acids is 1. The Kier molecular flexibility index (Phi) is 4.49. The van der Waals surface area contributed by atoms with Crippen LogP contribution in [0.25, 0.3) is 0 Å². The Morgan fingerprint density at radius 3 is 2.81 bits per heavy atom. The van der Waals surface area contributed by atoms with Gasteiger partial charge in [-0.2, -0.15) is 5.26 Å². The zero-order valence-corrected chi connectivity index (χ0v) is 9.18. The molecule has 0 fully saturated rings. The molecule has 0 aliphatic rings. The van der Waals surface area contributed by atoms with Crippen LogP contribution in [0.3, 0.4) is 0 Å². The second-order valence-electron chi connectivity index (χ2n) is 3.61. The molecule has 0 unspecified atom stereocenters. The predicted octanol–water partition coefficient (Wildman–Crippen LogP) is 1.38. The number of aromatic carboxylic acids is 1. The molecule has 84 valence electrons. The molecule has 0 saturated heterocycles. The Morgan fingerprint density at radius 1 is 1.50 bits per heavy atom. The van der Waals surface area contributed by atoms with Crippen LogP contribution >= 0.6 is 0 Å². The van der Waals surface area contributed by atoms with Gasteiger partial charge in [0.15, 0.2) is 0 Å². The summed E-state index contributed by atoms with van der Waals surface area (Å²) >= 11 is 0. The second kappa shape index (κ2) is 5.89. The standard InChI is InChI=1S/C12H14N2O2/c1-14(9-7-13)8-6-10-4-2-3-5-11(10)12(15)16/h2-5H,6,8-9H2,1H3,(H,15,16). The van der Waals surface area contributed by atoms with Gasteiger partial charge in [0.1, 0.15) is 0 Å². The minimum Gasteiger partial charge on any atom is -0.478 e. The van der Waals surface area contributed by atoms with Crippen molar-refractivity contribution in [2.45, 2.75) is 6.42 Å². The SMILES string of the molecule is CN(CC#N)CCc1ccccc1C(=O)O. The Morgan fingerprint density at radius 2 is 2.19 bits per heavy atom. The third kappa shape index (κ3) is 3.37. The molecule has 0 spiro atoms. The topological polar surface area (TPSA) is 64.3 Å². The molecule has 0 radical (unpaired) electrons. The van der Waals surface area contributed by atoms with Crippen molar-refractivity contribution in [3.05, 3.63) is 35.4 Å². The molecule has 4 nitrogen and oxygen atoms in total. The first-order valence-corrected chi connectivity index (χ1v) is 5.02. The first-order valence-electron chi connectivity index (χ1n) is 5.02. The molecule has 1 aromatic rings. The molecule has 0 heterocycles. The summed E-state index contributed by atoms with van der Waals surface area (Å²) in [5.74, 6) is -0.904. The van der Waals surface area contributed by atoms with E-state index in [2.05, 4.69) is 6.07 Å². The fourth-order valence-corrected chi connectivity index (χ4v) is 1.46. The highest BCUT2D eigenvalue weighted by atomic mass is 16.4. The summed E-state index contributed by atoms with van der Waals surface area (Å²) in [6.45, 7) is 1.03. The Labute approximate surface area is 94.7 Å². The van der Waals surface area contributed by atoms with E-state index in [0.29, 0.717) is 25.1 Å². The van der Waals surface area contributed by atoms with Gasteiger partial charge in [-0.15, -0.1) is 0 Å². The number of nitriles is 1. The van der Waals surface area contributed by atoms with Crippen molar-refractivity contribution in [2.24, 2.45) is 0 Å². The van der Waals surface area contributed by atoms with Crippen molar-refractivity contribution in [3.8, 4) is 6.07 Å². The molecule has 1 N–H and O–H groups in total. The molecule has 0 aliphatic carbocycles. The van der Waals surface area contributed by atoms with Crippen molar-refractivity contribution in [1.82, 2.24) is 4.90 Å². The van der Waals surface area contributed by atoms with Crippen LogP contribution in [0.15, 0.2) is 24.3 Å². The van der Waals surface area contributed by atoms with Crippen molar-refractivity contribution < 1.29 is 9.90 Å². The van der Waals surface area contributed by atoms with E-state index in [9.17, 15) is 4.79 Å². The van der Waals surface area contributed by atoms with Gasteiger partial charge in [-0.1, -0.05) is 18.2 Å². The van der Waals surface area contributed by atoms with E-state index in [0.717, 1.165) is 5.56 Å². The fraction of sp³-hybridized carbons (Fsp3) is 0.333. The fourth-order valence-electron chi connectivity index (χ4n) is 1.46. The maximum Gasteiger partial charge on any atom is 0.335 e. The molecule has 4 heteroatoms. The maximum atomic E-state index is 10.9. The summed E-state index contributed by atoms with van der Waals surface area (Å²) in [5.41, 5.74) is 1.15. The molecule has 0 aliphatic heterocycles. The number of carbonyl (C=O) groups is 1. The quantitative estimate of drug-likeness (QED) is 0.758. The number of rotatable bonds is 5. The van der Waals surface area contributed by atoms with Gasteiger partial charge in [-0.3, -0.25) is 4.90 Å². The molecule has 16 heavy (non-hydrogen) atoms. The summed E-state index contributed by atoms with van der Waals surface area (Å²) in [7, 11) is 1.84. The van der Waals surface area contributed by atoms with Crippen LogP contribution in [0.5, 0.6) is 0 Å². The highest BCUT2D eigenvalue weighted by Gasteiger charge is 2.09. The van der Waals surface area contributed by atoms with Gasteiger partial charge in [0.05, 0.1) is 18.2 Å². The minimum absolute atomic E-state index is 0.341. The molecule has 0 saturated carbocycles. The summed E-state index contributed by atoms with van der Waals surface area (Å²) in [5, 5.41) is 17.5. The lowest BCUT2D eigenvalue weighted by Crippen LogP contribution is -2.22.